The standard InChI is InChI=1S/C19H17NO2/c21-19(16-10-12-20-13-11-16)17-8-4-5-9-18(17)22-14-15-6-2-1-3-7-15/h1-13,19,21H,14H2. The summed E-state index contributed by atoms with van der Waals surface area (Å²) >= 11 is 0. The lowest BCUT2D eigenvalue weighted by Gasteiger charge is -2.16. The summed E-state index contributed by atoms with van der Waals surface area (Å²) in [6, 6.07) is 21.1. The molecule has 0 saturated carbocycles. The van der Waals surface area contributed by atoms with Gasteiger partial charge in [-0.2, -0.15) is 0 Å². The van der Waals surface area contributed by atoms with Crippen LogP contribution in [-0.4, -0.2) is 10.1 Å². The Balaban J connectivity index is 1.81. The van der Waals surface area contributed by atoms with Crippen molar-refractivity contribution in [2.75, 3.05) is 0 Å². The second-order valence-electron chi connectivity index (χ2n) is 5.00. The Morgan fingerprint density at radius 3 is 2.32 bits per heavy atom. The molecular weight excluding hydrogens is 274 g/mol. The maximum absolute atomic E-state index is 10.6. The molecule has 110 valence electrons. The molecule has 0 amide bonds. The van der Waals surface area contributed by atoms with E-state index < -0.39 is 6.10 Å². The molecule has 3 heteroatoms. The van der Waals surface area contributed by atoms with Crippen molar-refractivity contribution in [3.63, 3.8) is 0 Å². The molecule has 0 aliphatic carbocycles. The van der Waals surface area contributed by atoms with Crippen molar-refractivity contribution in [3.05, 3.63) is 95.8 Å². The van der Waals surface area contributed by atoms with Crippen LogP contribution < -0.4 is 4.74 Å². The summed E-state index contributed by atoms with van der Waals surface area (Å²) in [6.45, 7) is 0.473. The van der Waals surface area contributed by atoms with Crippen molar-refractivity contribution >= 4 is 0 Å². The molecular formula is C19H17NO2. The normalized spacial score (nSPS) is 11.9. The van der Waals surface area contributed by atoms with Crippen LogP contribution in [0, 0.1) is 0 Å². The van der Waals surface area contributed by atoms with Crippen LogP contribution in [0.25, 0.3) is 0 Å². The van der Waals surface area contributed by atoms with Gasteiger partial charge in [0.05, 0.1) is 0 Å². The monoisotopic (exact) mass is 291 g/mol. The molecule has 1 unspecified atom stereocenters. The number of pyridine rings is 1. The van der Waals surface area contributed by atoms with Crippen molar-refractivity contribution in [2.24, 2.45) is 0 Å². The second-order valence-corrected chi connectivity index (χ2v) is 5.00. The summed E-state index contributed by atoms with van der Waals surface area (Å²) < 4.78 is 5.89. The number of aliphatic hydroxyl groups excluding tert-OH is 1. The predicted octanol–water partition coefficient (Wildman–Crippen LogP) is 3.74. The third-order valence-corrected chi connectivity index (χ3v) is 3.47. The van der Waals surface area contributed by atoms with Crippen molar-refractivity contribution < 1.29 is 9.84 Å². The topological polar surface area (TPSA) is 42.4 Å². The minimum atomic E-state index is -0.727. The molecule has 3 rings (SSSR count). The number of rotatable bonds is 5. The van der Waals surface area contributed by atoms with Gasteiger partial charge in [-0.15, -0.1) is 0 Å². The molecule has 1 N–H and O–H groups in total. The first-order valence-corrected chi connectivity index (χ1v) is 7.18. The molecule has 3 nitrogen and oxygen atoms in total. The van der Waals surface area contributed by atoms with Gasteiger partial charge in [0.25, 0.3) is 0 Å². The van der Waals surface area contributed by atoms with Crippen molar-refractivity contribution in [3.8, 4) is 5.75 Å². The Morgan fingerprint density at radius 2 is 1.55 bits per heavy atom. The first-order chi connectivity index (χ1) is 10.8. The number of nitrogens with zero attached hydrogens (tertiary/aromatic N) is 1. The fraction of sp³-hybridized carbons (Fsp3) is 0.105. The zero-order valence-corrected chi connectivity index (χ0v) is 12.1. The van der Waals surface area contributed by atoms with Gasteiger partial charge in [-0.25, -0.2) is 0 Å². The van der Waals surface area contributed by atoms with Gasteiger partial charge < -0.3 is 9.84 Å². The van der Waals surface area contributed by atoms with Crippen LogP contribution >= 0.6 is 0 Å². The highest BCUT2D eigenvalue weighted by Gasteiger charge is 2.15. The maximum atomic E-state index is 10.6. The fourth-order valence-corrected chi connectivity index (χ4v) is 2.30. The molecule has 0 radical (unpaired) electrons. The third-order valence-electron chi connectivity index (χ3n) is 3.47. The summed E-state index contributed by atoms with van der Waals surface area (Å²) in [5.74, 6) is 0.690. The van der Waals surface area contributed by atoms with Crippen LogP contribution in [0.15, 0.2) is 79.1 Å². The van der Waals surface area contributed by atoms with Gasteiger partial charge in [0.2, 0.25) is 0 Å². The predicted molar refractivity (Wildman–Crippen MR) is 85.5 cm³/mol. The summed E-state index contributed by atoms with van der Waals surface area (Å²) in [7, 11) is 0. The number of hydrogen-bond acceptors (Lipinski definition) is 3. The zero-order chi connectivity index (χ0) is 15.2. The van der Waals surface area contributed by atoms with Crippen molar-refractivity contribution in [1.29, 1.82) is 0 Å². The summed E-state index contributed by atoms with van der Waals surface area (Å²) in [5, 5.41) is 10.6. The molecule has 0 aliphatic heterocycles. The molecule has 2 aromatic carbocycles. The van der Waals surface area contributed by atoms with E-state index in [2.05, 4.69) is 4.98 Å². The van der Waals surface area contributed by atoms with Gasteiger partial charge in [0.1, 0.15) is 18.5 Å². The quantitative estimate of drug-likeness (QED) is 0.778. The first kappa shape index (κ1) is 14.3. The number of hydrogen-bond donors (Lipinski definition) is 1. The second kappa shape index (κ2) is 6.87. The molecule has 1 atom stereocenters. The van der Waals surface area contributed by atoms with Gasteiger partial charge >= 0.3 is 0 Å². The summed E-state index contributed by atoms with van der Waals surface area (Å²) in [4.78, 5) is 3.98. The third kappa shape index (κ3) is 3.32. The Labute approximate surface area is 129 Å². The van der Waals surface area contributed by atoms with Gasteiger partial charge in [0, 0.05) is 18.0 Å². The van der Waals surface area contributed by atoms with Gasteiger partial charge in [-0.1, -0.05) is 48.5 Å². The molecule has 1 heterocycles. The average Bonchev–Trinajstić information content (AvgIpc) is 2.61. The van der Waals surface area contributed by atoms with Crippen molar-refractivity contribution in [2.45, 2.75) is 12.7 Å². The Morgan fingerprint density at radius 1 is 0.864 bits per heavy atom. The van der Waals surface area contributed by atoms with Crippen LogP contribution in [0.3, 0.4) is 0 Å². The van der Waals surface area contributed by atoms with Crippen molar-refractivity contribution in [1.82, 2.24) is 4.98 Å². The van der Waals surface area contributed by atoms with E-state index in [-0.39, 0.29) is 0 Å². The zero-order valence-electron chi connectivity index (χ0n) is 12.1. The molecule has 3 aromatic rings. The number of aromatic nitrogens is 1. The van der Waals surface area contributed by atoms with E-state index in [9.17, 15) is 5.11 Å². The molecule has 0 bridgehead atoms. The fourth-order valence-electron chi connectivity index (χ4n) is 2.30. The minimum Gasteiger partial charge on any atom is -0.489 e. The van der Waals surface area contributed by atoms with E-state index in [1.54, 1.807) is 24.5 Å². The average molecular weight is 291 g/mol. The molecule has 0 spiro atoms. The number of benzene rings is 2. The number of aliphatic hydroxyl groups is 1. The van der Waals surface area contributed by atoms with E-state index in [1.165, 1.54) is 0 Å². The van der Waals surface area contributed by atoms with E-state index in [1.807, 2.05) is 54.6 Å². The number of para-hydroxylation sites is 1. The van der Waals surface area contributed by atoms with Gasteiger partial charge in [0.15, 0.2) is 0 Å². The number of ether oxygens (including phenoxy) is 1. The Kier molecular flexibility index (Phi) is 4.47. The van der Waals surface area contributed by atoms with E-state index in [4.69, 9.17) is 4.74 Å². The first-order valence-electron chi connectivity index (χ1n) is 7.18. The lowest BCUT2D eigenvalue weighted by atomic mass is 10.0. The minimum absolute atomic E-state index is 0.473. The molecule has 1 aromatic heterocycles. The lowest BCUT2D eigenvalue weighted by molar-refractivity contribution is 0.209. The van der Waals surface area contributed by atoms with E-state index in [0.717, 1.165) is 16.7 Å². The molecule has 22 heavy (non-hydrogen) atoms. The smallest absolute Gasteiger partial charge is 0.125 e. The van der Waals surface area contributed by atoms with Crippen LogP contribution in [-0.2, 0) is 6.61 Å². The highest BCUT2D eigenvalue weighted by Crippen LogP contribution is 2.30. The van der Waals surface area contributed by atoms with E-state index >= 15 is 0 Å². The van der Waals surface area contributed by atoms with Crippen LogP contribution in [0.1, 0.15) is 22.8 Å². The molecule has 0 aliphatic rings. The lowest BCUT2D eigenvalue weighted by Crippen LogP contribution is -2.04. The Bertz CT molecular complexity index is 714. The van der Waals surface area contributed by atoms with Crippen LogP contribution in [0.4, 0.5) is 0 Å². The highest BCUT2D eigenvalue weighted by atomic mass is 16.5. The van der Waals surface area contributed by atoms with Gasteiger partial charge in [-0.3, -0.25) is 4.98 Å². The molecule has 0 fully saturated rings. The van der Waals surface area contributed by atoms with Crippen LogP contribution in [0.2, 0.25) is 0 Å². The summed E-state index contributed by atoms with van der Waals surface area (Å²) in [5.41, 5.74) is 2.64. The van der Waals surface area contributed by atoms with E-state index in [0.29, 0.717) is 12.4 Å². The highest BCUT2D eigenvalue weighted by molar-refractivity contribution is 5.40. The van der Waals surface area contributed by atoms with Crippen LogP contribution in [0.5, 0.6) is 5.75 Å². The largest absolute Gasteiger partial charge is 0.489 e. The molecule has 0 saturated heterocycles. The maximum Gasteiger partial charge on any atom is 0.125 e. The SMILES string of the molecule is OC(c1ccncc1)c1ccccc1OCc1ccccc1. The van der Waals surface area contributed by atoms with Gasteiger partial charge in [-0.05, 0) is 29.3 Å². The summed E-state index contributed by atoms with van der Waals surface area (Å²) in [6.07, 6.45) is 2.62. The Hall–Kier alpha value is -2.65.